The number of Topliss-reactive ketones (excluding diaryl/α,β-unsaturated/α-hetero) is 1. The number of carboxylic acid groups (broad SMARTS) is 1. The van der Waals surface area contributed by atoms with Gasteiger partial charge in [0.15, 0.2) is 23.2 Å². The summed E-state index contributed by atoms with van der Waals surface area (Å²) in [6, 6.07) is 6.56. The van der Waals surface area contributed by atoms with E-state index in [1.165, 1.54) is 19.2 Å². The second kappa shape index (κ2) is 16.0. The van der Waals surface area contributed by atoms with Crippen LogP contribution < -0.4 is 31.1 Å². The van der Waals surface area contributed by atoms with Crippen LogP contribution in [-0.2, 0) is 53.4 Å². The number of ketones is 1. The van der Waals surface area contributed by atoms with Crippen molar-refractivity contribution in [3.63, 3.8) is 0 Å². The summed E-state index contributed by atoms with van der Waals surface area (Å²) in [4.78, 5) is 62.9. The number of carboxylic acids is 1. The van der Waals surface area contributed by atoms with E-state index in [1.807, 2.05) is 6.20 Å². The number of benzene rings is 1. The molecular formula is C33H41N9O11S2. The Hall–Kier alpha value is -5.00. The summed E-state index contributed by atoms with van der Waals surface area (Å²) in [6.07, 6.45) is 1.13. The average Bonchev–Trinajstić information content (AvgIpc) is 3.71. The van der Waals surface area contributed by atoms with E-state index in [4.69, 9.17) is 21.0 Å². The van der Waals surface area contributed by atoms with Gasteiger partial charge in [0.2, 0.25) is 16.6 Å². The van der Waals surface area contributed by atoms with Gasteiger partial charge < -0.3 is 40.9 Å². The number of nitrogens with two attached hydrogens (primary N) is 2. The highest BCUT2D eigenvalue weighted by Gasteiger charge is 2.57. The van der Waals surface area contributed by atoms with Gasteiger partial charge in [-0.05, 0) is 51.1 Å². The van der Waals surface area contributed by atoms with Crippen LogP contribution in [0.15, 0.2) is 41.0 Å². The number of β-lactam (4-membered cyclic amide) rings is 1. The smallest absolute Gasteiger partial charge is 0.351 e. The number of carbonyl (C=O) groups is 4. The number of thiazole rings is 1. The third-order valence-electron chi connectivity index (χ3n) is 9.70. The maximum atomic E-state index is 13.7. The van der Waals surface area contributed by atoms with Gasteiger partial charge in [-0.3, -0.25) is 14.4 Å². The Kier molecular flexibility index (Phi) is 11.5. The first-order valence-electron chi connectivity index (χ1n) is 17.4. The molecule has 2 saturated heterocycles. The number of hydroxylamine groups is 2. The van der Waals surface area contributed by atoms with E-state index in [-0.39, 0.29) is 22.5 Å². The quantitative estimate of drug-likeness (QED) is 0.0313. The van der Waals surface area contributed by atoms with Crippen LogP contribution in [0.4, 0.5) is 10.8 Å². The van der Waals surface area contributed by atoms with Gasteiger partial charge in [0.25, 0.3) is 17.9 Å². The topological polar surface area (TPSA) is 278 Å². The molecule has 2 aromatic heterocycles. The molecule has 55 heavy (non-hydrogen) atoms. The Bertz CT molecular complexity index is 2100. The summed E-state index contributed by atoms with van der Waals surface area (Å²) < 4.78 is 47.4. The normalized spacial score (nSPS) is 19.1. The molecule has 0 unspecified atom stereocenters. The third-order valence-corrected chi connectivity index (χ3v) is 10.7. The van der Waals surface area contributed by atoms with E-state index in [0.29, 0.717) is 41.7 Å². The SMILES string of the molecule is CC1(C)[C@H](CC(=O)/C(=N\O[C@@H](COc2ccc(N3CCc4c(c[n+](CC5CNC5)n4CCCN)C3=O)cc2)C(=O)O)c2csc(N)n2)C(=O)N1OS(=O)(=O)[O-]. The van der Waals surface area contributed by atoms with Crippen molar-refractivity contribution in [2.45, 2.75) is 57.8 Å². The molecule has 2 fully saturated rings. The Morgan fingerprint density at radius 1 is 1.24 bits per heavy atom. The van der Waals surface area contributed by atoms with E-state index in [1.54, 1.807) is 29.2 Å². The summed E-state index contributed by atoms with van der Waals surface area (Å²) in [5, 5.41) is 18.8. The lowest BCUT2D eigenvalue weighted by molar-refractivity contribution is -0.781. The zero-order chi connectivity index (χ0) is 39.7. The Morgan fingerprint density at radius 2 is 1.96 bits per heavy atom. The van der Waals surface area contributed by atoms with Gasteiger partial charge in [-0.1, -0.05) is 5.16 Å². The van der Waals surface area contributed by atoms with Gasteiger partial charge >= 0.3 is 5.97 Å². The molecule has 2 atom stereocenters. The van der Waals surface area contributed by atoms with Crippen molar-refractivity contribution in [3.8, 4) is 5.75 Å². The highest BCUT2D eigenvalue weighted by Crippen LogP contribution is 2.40. The Balaban J connectivity index is 1.11. The number of hydrogen-bond donors (Lipinski definition) is 4. The van der Waals surface area contributed by atoms with Crippen molar-refractivity contribution < 1.29 is 55.8 Å². The first-order valence-corrected chi connectivity index (χ1v) is 19.6. The molecular weight excluding hydrogens is 763 g/mol. The molecule has 3 aromatic rings. The second-order valence-corrected chi connectivity index (χ2v) is 15.7. The molecule has 1 aromatic carbocycles. The lowest BCUT2D eigenvalue weighted by Gasteiger charge is -2.51. The number of aromatic nitrogens is 3. The predicted octanol–water partition coefficient (Wildman–Crippen LogP) is -0.574. The minimum Gasteiger partial charge on any atom is -0.724 e. The maximum absolute atomic E-state index is 13.7. The van der Waals surface area contributed by atoms with Crippen LogP contribution in [-0.4, -0.2) is 107 Å². The molecule has 6 N–H and O–H groups in total. The van der Waals surface area contributed by atoms with Crippen molar-refractivity contribution in [2.24, 2.45) is 22.7 Å². The van der Waals surface area contributed by atoms with Crippen LogP contribution in [0.1, 0.15) is 48.4 Å². The van der Waals surface area contributed by atoms with Gasteiger partial charge in [0, 0.05) is 49.5 Å². The third kappa shape index (κ3) is 8.63. The summed E-state index contributed by atoms with van der Waals surface area (Å²) >= 11 is 0.969. The zero-order valence-electron chi connectivity index (χ0n) is 30.0. The standard InChI is InChI=1S/C33H41N9O11S2/c1-33(2)23(30(45)42(33)53-55(48,49)50)12-26(43)28(24-18-54-32(35)37-24)38-52-27(31(46)47)17-51-21-6-4-20(5-7-21)40-11-8-25-22(29(40)44)16-39(15-19-13-36-14-19)41(25)10-3-9-34/h4-7,16,18-19,23,27,36H,3,8-15,17,34H2,1-2H3,(H3-,35,37,46,47,48,49,50)/b38-28-/t23-,27+/m1/s1. The highest BCUT2D eigenvalue weighted by molar-refractivity contribution is 7.80. The van der Waals surface area contributed by atoms with Crippen LogP contribution in [0.5, 0.6) is 5.75 Å². The molecule has 6 rings (SSSR count). The number of nitrogens with one attached hydrogen (secondary N) is 1. The molecule has 2 amide bonds. The number of rotatable bonds is 18. The number of aliphatic carboxylic acids is 1. The summed E-state index contributed by atoms with van der Waals surface area (Å²) in [5.74, 6) is -3.69. The van der Waals surface area contributed by atoms with Crippen LogP contribution in [0.25, 0.3) is 0 Å². The summed E-state index contributed by atoms with van der Waals surface area (Å²) in [5.41, 5.74) is 11.9. The van der Waals surface area contributed by atoms with Crippen molar-refractivity contribution in [1.82, 2.24) is 20.0 Å². The number of hydrogen-bond acceptors (Lipinski definition) is 16. The van der Waals surface area contributed by atoms with E-state index >= 15 is 0 Å². The van der Waals surface area contributed by atoms with Crippen LogP contribution >= 0.6 is 11.3 Å². The molecule has 22 heteroatoms. The zero-order valence-corrected chi connectivity index (χ0v) is 31.6. The van der Waals surface area contributed by atoms with Gasteiger partial charge in [0.1, 0.15) is 23.6 Å². The van der Waals surface area contributed by atoms with E-state index in [2.05, 4.69) is 29.1 Å². The number of nitrogens with zero attached hydrogens (tertiary/aromatic N) is 6. The monoisotopic (exact) mass is 803 g/mol. The number of ether oxygens (including phenoxy) is 1. The molecule has 0 bridgehead atoms. The highest BCUT2D eigenvalue weighted by atomic mass is 32.3. The first kappa shape index (κ1) is 39.7. The van der Waals surface area contributed by atoms with Crippen molar-refractivity contribution in [2.75, 3.05) is 43.4 Å². The summed E-state index contributed by atoms with van der Waals surface area (Å²) in [7, 11) is -5.26. The van der Waals surface area contributed by atoms with Crippen LogP contribution in [0, 0.1) is 11.8 Å². The number of oxime groups is 1. The van der Waals surface area contributed by atoms with E-state index < -0.39 is 64.4 Å². The van der Waals surface area contributed by atoms with Crippen molar-refractivity contribution in [1.29, 1.82) is 0 Å². The predicted molar refractivity (Wildman–Crippen MR) is 192 cm³/mol. The van der Waals surface area contributed by atoms with Crippen molar-refractivity contribution >= 4 is 61.8 Å². The minimum absolute atomic E-state index is 0.0510. The number of nitrogen functional groups attached to an aromatic ring is 1. The second-order valence-electron chi connectivity index (χ2n) is 13.8. The lowest BCUT2D eigenvalue weighted by Crippen LogP contribution is -2.68. The van der Waals surface area contributed by atoms with E-state index in [9.17, 15) is 37.3 Å². The van der Waals surface area contributed by atoms with Crippen molar-refractivity contribution in [3.05, 3.63) is 52.8 Å². The Labute approximate surface area is 319 Å². The van der Waals surface area contributed by atoms with Gasteiger partial charge in [-0.25, -0.2) is 18.2 Å². The average molecular weight is 804 g/mol. The molecule has 0 aliphatic carbocycles. The number of anilines is 2. The molecule has 3 aliphatic rings. The number of carbonyl (C=O) groups excluding carboxylic acids is 3. The number of fused-ring (bicyclic) bond motifs is 1. The van der Waals surface area contributed by atoms with E-state index in [0.717, 1.165) is 49.6 Å². The lowest BCUT2D eigenvalue weighted by atomic mass is 9.74. The fourth-order valence-corrected chi connectivity index (χ4v) is 7.58. The van der Waals surface area contributed by atoms with Crippen LogP contribution in [0.3, 0.4) is 0 Å². The molecule has 20 nitrogen and oxygen atoms in total. The van der Waals surface area contributed by atoms with Gasteiger partial charge in [-0.15, -0.1) is 16.0 Å². The molecule has 0 radical (unpaired) electrons. The molecule has 0 saturated carbocycles. The molecule has 0 spiro atoms. The fourth-order valence-electron chi connectivity index (χ4n) is 6.58. The molecule has 296 valence electrons. The van der Waals surface area contributed by atoms with Gasteiger partial charge in [-0.2, -0.15) is 14.0 Å². The first-order chi connectivity index (χ1) is 26.1. The molecule has 5 heterocycles. The minimum atomic E-state index is -5.26. The van der Waals surface area contributed by atoms with Gasteiger partial charge in [0.05, 0.1) is 23.7 Å². The molecule has 3 aliphatic heterocycles. The largest absolute Gasteiger partial charge is 0.724 e. The summed E-state index contributed by atoms with van der Waals surface area (Å²) in [6.45, 7) is 6.66. The number of amides is 2. The van der Waals surface area contributed by atoms with Crippen LogP contribution in [0.2, 0.25) is 0 Å². The Morgan fingerprint density at radius 3 is 2.55 bits per heavy atom. The fraction of sp³-hybridized carbons (Fsp3) is 0.485. The maximum Gasteiger partial charge on any atom is 0.351 e.